The summed E-state index contributed by atoms with van der Waals surface area (Å²) in [4.78, 5) is 2.18. The van der Waals surface area contributed by atoms with E-state index in [4.69, 9.17) is 5.26 Å². The Hall–Kier alpha value is -1.49. The van der Waals surface area contributed by atoms with Crippen LogP contribution in [-0.2, 0) is 0 Å². The van der Waals surface area contributed by atoms with Crippen molar-refractivity contribution >= 4 is 5.69 Å². The number of hydrogen-bond acceptors (Lipinski definition) is 2. The zero-order valence-corrected chi connectivity index (χ0v) is 9.11. The fourth-order valence-electron chi connectivity index (χ4n) is 2.14. The Morgan fingerprint density at radius 2 is 2.00 bits per heavy atom. The minimum atomic E-state index is -0.0788. The normalized spacial score (nSPS) is 17.6. The van der Waals surface area contributed by atoms with Gasteiger partial charge >= 0.3 is 0 Å². The fourth-order valence-corrected chi connectivity index (χ4v) is 2.14. The van der Waals surface area contributed by atoms with Crippen LogP contribution in [0.4, 0.5) is 5.69 Å². The summed E-state index contributed by atoms with van der Waals surface area (Å²) < 4.78 is 0. The summed E-state index contributed by atoms with van der Waals surface area (Å²) in [7, 11) is 2.06. The number of nitriles is 1. The van der Waals surface area contributed by atoms with Crippen LogP contribution in [0.15, 0.2) is 30.3 Å². The van der Waals surface area contributed by atoms with E-state index in [9.17, 15) is 0 Å². The molecular weight excluding hydrogens is 184 g/mol. The molecule has 0 amide bonds. The average molecular weight is 200 g/mol. The molecule has 0 aliphatic heterocycles. The summed E-state index contributed by atoms with van der Waals surface area (Å²) in [6.07, 6.45) is 3.32. The van der Waals surface area contributed by atoms with Crippen LogP contribution < -0.4 is 4.90 Å². The second-order valence-corrected chi connectivity index (χ2v) is 4.44. The van der Waals surface area contributed by atoms with Crippen molar-refractivity contribution in [2.75, 3.05) is 18.5 Å². The van der Waals surface area contributed by atoms with Crippen molar-refractivity contribution in [3.05, 3.63) is 30.3 Å². The summed E-state index contributed by atoms with van der Waals surface area (Å²) in [6.45, 7) is 0.855. The minimum absolute atomic E-state index is 0.0788. The number of anilines is 1. The summed E-state index contributed by atoms with van der Waals surface area (Å²) in [5.41, 5.74) is 1.11. The van der Waals surface area contributed by atoms with Gasteiger partial charge in [0.05, 0.1) is 11.5 Å². The van der Waals surface area contributed by atoms with Crippen molar-refractivity contribution in [3.63, 3.8) is 0 Å². The highest BCUT2D eigenvalue weighted by atomic mass is 15.1. The molecule has 1 saturated carbocycles. The van der Waals surface area contributed by atoms with Gasteiger partial charge in [0.2, 0.25) is 0 Å². The molecule has 1 aromatic carbocycles. The Morgan fingerprint density at radius 1 is 1.33 bits per heavy atom. The smallest absolute Gasteiger partial charge is 0.0748 e. The van der Waals surface area contributed by atoms with Gasteiger partial charge in [0.1, 0.15) is 0 Å². The lowest BCUT2D eigenvalue weighted by atomic mass is 9.69. The van der Waals surface area contributed by atoms with E-state index in [1.165, 1.54) is 12.1 Å². The molecule has 0 heterocycles. The third-order valence-corrected chi connectivity index (χ3v) is 3.28. The van der Waals surface area contributed by atoms with Crippen LogP contribution >= 0.6 is 0 Å². The lowest BCUT2D eigenvalue weighted by Gasteiger charge is -2.39. The highest BCUT2D eigenvalue weighted by Gasteiger charge is 2.38. The molecule has 0 radical (unpaired) electrons. The van der Waals surface area contributed by atoms with Crippen molar-refractivity contribution < 1.29 is 0 Å². The second-order valence-electron chi connectivity index (χ2n) is 4.44. The van der Waals surface area contributed by atoms with E-state index < -0.39 is 0 Å². The largest absolute Gasteiger partial charge is 0.373 e. The van der Waals surface area contributed by atoms with Gasteiger partial charge in [-0.15, -0.1) is 0 Å². The van der Waals surface area contributed by atoms with Gasteiger partial charge in [-0.2, -0.15) is 5.26 Å². The van der Waals surface area contributed by atoms with Crippen LogP contribution in [0.3, 0.4) is 0 Å². The van der Waals surface area contributed by atoms with Crippen LogP contribution in [0.2, 0.25) is 0 Å². The van der Waals surface area contributed by atoms with E-state index in [-0.39, 0.29) is 5.41 Å². The monoisotopic (exact) mass is 200 g/mol. The van der Waals surface area contributed by atoms with Crippen molar-refractivity contribution in [3.8, 4) is 6.07 Å². The maximum atomic E-state index is 9.16. The standard InChI is InChI=1S/C13H16N2/c1-15(12-6-3-2-4-7-12)11-13(10-14)8-5-9-13/h2-4,6-7H,5,8-9,11H2,1H3. The Morgan fingerprint density at radius 3 is 2.47 bits per heavy atom. The van der Waals surface area contributed by atoms with E-state index >= 15 is 0 Å². The predicted molar refractivity (Wildman–Crippen MR) is 61.6 cm³/mol. The lowest BCUT2D eigenvalue weighted by molar-refractivity contribution is 0.223. The molecule has 0 saturated heterocycles. The second kappa shape index (κ2) is 3.94. The zero-order chi connectivity index (χ0) is 10.7. The maximum absolute atomic E-state index is 9.16. The first-order chi connectivity index (χ1) is 7.26. The Labute approximate surface area is 91.1 Å². The first kappa shape index (κ1) is 10.0. The third-order valence-electron chi connectivity index (χ3n) is 3.28. The first-order valence-electron chi connectivity index (χ1n) is 5.43. The molecule has 2 heteroatoms. The van der Waals surface area contributed by atoms with E-state index in [0.717, 1.165) is 19.4 Å². The molecular formula is C13H16N2. The van der Waals surface area contributed by atoms with E-state index in [1.54, 1.807) is 0 Å². The number of hydrogen-bond donors (Lipinski definition) is 0. The van der Waals surface area contributed by atoms with E-state index in [2.05, 4.69) is 30.1 Å². The molecule has 0 N–H and O–H groups in total. The van der Waals surface area contributed by atoms with Gasteiger partial charge in [0.15, 0.2) is 0 Å². The number of nitrogens with zero attached hydrogens (tertiary/aromatic N) is 2. The summed E-state index contributed by atoms with van der Waals surface area (Å²) in [5.74, 6) is 0. The van der Waals surface area contributed by atoms with Gasteiger partial charge in [0, 0.05) is 19.3 Å². The molecule has 2 rings (SSSR count). The lowest BCUT2D eigenvalue weighted by Crippen LogP contribution is -2.39. The molecule has 0 bridgehead atoms. The molecule has 15 heavy (non-hydrogen) atoms. The Balaban J connectivity index is 2.04. The highest BCUT2D eigenvalue weighted by Crippen LogP contribution is 2.41. The molecule has 0 unspecified atom stereocenters. The molecule has 1 aromatic rings. The van der Waals surface area contributed by atoms with E-state index in [1.807, 2.05) is 18.2 Å². The van der Waals surface area contributed by atoms with Crippen LogP contribution in [0, 0.1) is 16.7 Å². The van der Waals surface area contributed by atoms with Crippen LogP contribution in [0.25, 0.3) is 0 Å². The van der Waals surface area contributed by atoms with Gasteiger partial charge in [-0.3, -0.25) is 0 Å². The number of rotatable bonds is 3. The molecule has 0 aromatic heterocycles. The van der Waals surface area contributed by atoms with Crippen molar-refractivity contribution in [2.45, 2.75) is 19.3 Å². The molecule has 78 valence electrons. The average Bonchev–Trinajstić information content (AvgIpc) is 2.24. The molecule has 0 atom stereocenters. The molecule has 0 spiro atoms. The minimum Gasteiger partial charge on any atom is -0.373 e. The summed E-state index contributed by atoms with van der Waals surface area (Å²) in [6, 6.07) is 12.7. The van der Waals surface area contributed by atoms with Gasteiger partial charge in [-0.25, -0.2) is 0 Å². The topological polar surface area (TPSA) is 27.0 Å². The van der Waals surface area contributed by atoms with Crippen molar-refractivity contribution in [2.24, 2.45) is 5.41 Å². The zero-order valence-electron chi connectivity index (χ0n) is 9.11. The van der Waals surface area contributed by atoms with Crippen LogP contribution in [-0.4, -0.2) is 13.6 Å². The Bertz CT molecular complexity index is 360. The fraction of sp³-hybridized carbons (Fsp3) is 0.462. The molecule has 1 aliphatic rings. The van der Waals surface area contributed by atoms with Crippen LogP contribution in [0.5, 0.6) is 0 Å². The van der Waals surface area contributed by atoms with E-state index in [0.29, 0.717) is 0 Å². The Kier molecular flexibility index (Phi) is 2.64. The summed E-state index contributed by atoms with van der Waals surface area (Å²) >= 11 is 0. The highest BCUT2D eigenvalue weighted by molar-refractivity contribution is 5.45. The summed E-state index contributed by atoms with van der Waals surface area (Å²) in [5, 5.41) is 9.16. The van der Waals surface area contributed by atoms with Gasteiger partial charge < -0.3 is 4.90 Å². The molecule has 1 aliphatic carbocycles. The third kappa shape index (κ3) is 1.97. The van der Waals surface area contributed by atoms with Crippen molar-refractivity contribution in [1.29, 1.82) is 5.26 Å². The van der Waals surface area contributed by atoms with Crippen LogP contribution in [0.1, 0.15) is 19.3 Å². The van der Waals surface area contributed by atoms with Gasteiger partial charge in [-0.1, -0.05) is 24.6 Å². The maximum Gasteiger partial charge on any atom is 0.0748 e. The molecule has 2 nitrogen and oxygen atoms in total. The van der Waals surface area contributed by atoms with Gasteiger partial charge in [-0.05, 0) is 25.0 Å². The number of para-hydroxylation sites is 1. The molecule has 1 fully saturated rings. The van der Waals surface area contributed by atoms with Gasteiger partial charge in [0.25, 0.3) is 0 Å². The first-order valence-corrected chi connectivity index (χ1v) is 5.43. The quantitative estimate of drug-likeness (QED) is 0.750. The number of benzene rings is 1. The van der Waals surface area contributed by atoms with Crippen molar-refractivity contribution in [1.82, 2.24) is 0 Å². The SMILES string of the molecule is CN(CC1(C#N)CCC1)c1ccccc1. The predicted octanol–water partition coefficient (Wildman–Crippen LogP) is 2.82.